The van der Waals surface area contributed by atoms with Crippen molar-refractivity contribution in [2.24, 2.45) is 0 Å². The summed E-state index contributed by atoms with van der Waals surface area (Å²) in [5, 5.41) is 2.93. The molecule has 0 aliphatic carbocycles. The maximum atomic E-state index is 13.5. The molecule has 6 heteroatoms. The standard InChI is InChI=1S/C27H29BrN2O2S/c1-2-29-27(32)25(19-21-10-5-3-6-11-21)30(20-22-12-9-13-23(28)18-22)26(31)16-17-33-24-14-7-4-8-15-24/h3-15,18,25H,2,16-17,19-20H2,1H3,(H,29,32)/t25-/m1/s1. The Hall–Kier alpha value is -2.57. The first-order valence-electron chi connectivity index (χ1n) is 11.1. The Bertz CT molecular complexity index is 1030. The Morgan fingerprint density at radius 3 is 2.27 bits per heavy atom. The summed E-state index contributed by atoms with van der Waals surface area (Å²) in [4.78, 5) is 29.5. The van der Waals surface area contributed by atoms with Crippen LogP contribution in [0.25, 0.3) is 0 Å². The van der Waals surface area contributed by atoms with Crippen molar-refractivity contribution in [2.75, 3.05) is 12.3 Å². The number of nitrogens with one attached hydrogen (secondary N) is 1. The Kier molecular flexibility index (Phi) is 10.0. The van der Waals surface area contributed by atoms with Crippen LogP contribution < -0.4 is 5.32 Å². The van der Waals surface area contributed by atoms with Gasteiger partial charge in [-0.15, -0.1) is 11.8 Å². The third-order valence-electron chi connectivity index (χ3n) is 5.19. The topological polar surface area (TPSA) is 49.4 Å². The Morgan fingerprint density at radius 1 is 0.939 bits per heavy atom. The minimum Gasteiger partial charge on any atom is -0.355 e. The lowest BCUT2D eigenvalue weighted by Crippen LogP contribution is -2.50. The molecule has 0 radical (unpaired) electrons. The van der Waals surface area contributed by atoms with Crippen LogP contribution in [-0.4, -0.2) is 35.1 Å². The molecule has 0 aromatic heterocycles. The van der Waals surface area contributed by atoms with E-state index in [9.17, 15) is 9.59 Å². The van der Waals surface area contributed by atoms with Crippen LogP contribution in [-0.2, 0) is 22.6 Å². The fourth-order valence-electron chi connectivity index (χ4n) is 3.59. The van der Waals surface area contributed by atoms with Crippen molar-refractivity contribution in [3.8, 4) is 0 Å². The van der Waals surface area contributed by atoms with Gasteiger partial charge >= 0.3 is 0 Å². The number of benzene rings is 3. The number of nitrogens with zero attached hydrogens (tertiary/aromatic N) is 1. The van der Waals surface area contributed by atoms with Crippen molar-refractivity contribution in [2.45, 2.75) is 37.2 Å². The first-order chi connectivity index (χ1) is 16.1. The van der Waals surface area contributed by atoms with E-state index in [-0.39, 0.29) is 11.8 Å². The zero-order valence-electron chi connectivity index (χ0n) is 18.7. The van der Waals surface area contributed by atoms with Gasteiger partial charge in [-0.1, -0.05) is 76.6 Å². The number of halogens is 1. The lowest BCUT2D eigenvalue weighted by molar-refractivity contribution is -0.140. The molecule has 2 amide bonds. The molecule has 0 heterocycles. The van der Waals surface area contributed by atoms with Gasteiger partial charge < -0.3 is 10.2 Å². The molecule has 0 saturated heterocycles. The number of thioether (sulfide) groups is 1. The van der Waals surface area contributed by atoms with Gasteiger partial charge in [-0.05, 0) is 42.3 Å². The molecule has 0 aliphatic heterocycles. The first-order valence-corrected chi connectivity index (χ1v) is 12.9. The number of amides is 2. The van der Waals surface area contributed by atoms with Gasteiger partial charge in [0, 0.05) is 41.1 Å². The molecule has 1 N–H and O–H groups in total. The molecular weight excluding hydrogens is 496 g/mol. The second kappa shape index (κ2) is 13.2. The van der Waals surface area contributed by atoms with E-state index in [1.807, 2.05) is 91.9 Å². The summed E-state index contributed by atoms with van der Waals surface area (Å²) in [6.07, 6.45) is 0.830. The number of carbonyl (C=O) groups excluding carboxylic acids is 2. The van der Waals surface area contributed by atoms with Gasteiger partial charge in [0.05, 0.1) is 0 Å². The largest absolute Gasteiger partial charge is 0.355 e. The molecule has 3 aromatic carbocycles. The Balaban J connectivity index is 1.82. The van der Waals surface area contributed by atoms with Crippen LogP contribution in [0.4, 0.5) is 0 Å². The first kappa shape index (κ1) is 25.1. The highest BCUT2D eigenvalue weighted by Crippen LogP contribution is 2.21. The molecule has 4 nitrogen and oxygen atoms in total. The van der Waals surface area contributed by atoms with Crippen LogP contribution in [0.15, 0.2) is 94.3 Å². The molecule has 0 bridgehead atoms. The van der Waals surface area contributed by atoms with E-state index in [1.54, 1.807) is 16.7 Å². The smallest absolute Gasteiger partial charge is 0.243 e. The van der Waals surface area contributed by atoms with Crippen molar-refractivity contribution in [3.05, 3.63) is 101 Å². The van der Waals surface area contributed by atoms with Crippen LogP contribution >= 0.6 is 27.7 Å². The van der Waals surface area contributed by atoms with E-state index in [4.69, 9.17) is 0 Å². The molecule has 33 heavy (non-hydrogen) atoms. The average molecular weight is 526 g/mol. The fourth-order valence-corrected chi connectivity index (χ4v) is 4.90. The van der Waals surface area contributed by atoms with Gasteiger partial charge in [-0.2, -0.15) is 0 Å². The van der Waals surface area contributed by atoms with Gasteiger partial charge in [0.25, 0.3) is 0 Å². The molecule has 0 unspecified atom stereocenters. The third-order valence-corrected chi connectivity index (χ3v) is 6.70. The molecule has 0 fully saturated rings. The number of rotatable bonds is 11. The highest BCUT2D eigenvalue weighted by atomic mass is 79.9. The second-order valence-corrected chi connectivity index (χ2v) is 9.75. The quantitative estimate of drug-likeness (QED) is 0.327. The lowest BCUT2D eigenvalue weighted by Gasteiger charge is -2.31. The minimum atomic E-state index is -0.583. The van der Waals surface area contributed by atoms with Crippen molar-refractivity contribution in [3.63, 3.8) is 0 Å². The molecular formula is C27H29BrN2O2S. The van der Waals surface area contributed by atoms with Crippen molar-refractivity contribution in [1.29, 1.82) is 0 Å². The summed E-state index contributed by atoms with van der Waals surface area (Å²) in [5.74, 6) is 0.511. The van der Waals surface area contributed by atoms with E-state index in [0.29, 0.717) is 31.7 Å². The SMILES string of the molecule is CCNC(=O)[C@@H](Cc1ccccc1)N(Cc1cccc(Br)c1)C(=O)CCSc1ccccc1. The number of carbonyl (C=O) groups is 2. The van der Waals surface area contributed by atoms with Gasteiger partial charge in [0.15, 0.2) is 0 Å². The highest BCUT2D eigenvalue weighted by molar-refractivity contribution is 9.10. The summed E-state index contributed by atoms with van der Waals surface area (Å²) in [5.41, 5.74) is 2.01. The maximum Gasteiger partial charge on any atom is 0.243 e. The summed E-state index contributed by atoms with van der Waals surface area (Å²) < 4.78 is 0.949. The van der Waals surface area contributed by atoms with Crippen LogP contribution in [0, 0.1) is 0 Å². The normalized spacial score (nSPS) is 11.6. The summed E-state index contributed by atoms with van der Waals surface area (Å²) in [7, 11) is 0. The van der Waals surface area contributed by atoms with Crippen molar-refractivity contribution >= 4 is 39.5 Å². The summed E-state index contributed by atoms with van der Waals surface area (Å²) in [6, 6.07) is 27.2. The third kappa shape index (κ3) is 8.06. The van der Waals surface area contributed by atoms with Crippen LogP contribution in [0.2, 0.25) is 0 Å². The Labute approximate surface area is 208 Å². The van der Waals surface area contributed by atoms with Gasteiger partial charge in [-0.3, -0.25) is 9.59 Å². The summed E-state index contributed by atoms with van der Waals surface area (Å²) >= 11 is 5.17. The predicted molar refractivity (Wildman–Crippen MR) is 139 cm³/mol. The number of likely N-dealkylation sites (N-methyl/N-ethyl adjacent to an activating group) is 1. The van der Waals surface area contributed by atoms with E-state index >= 15 is 0 Å². The Morgan fingerprint density at radius 2 is 1.61 bits per heavy atom. The van der Waals surface area contributed by atoms with Gasteiger partial charge in [0.1, 0.15) is 6.04 Å². The molecule has 0 aliphatic rings. The van der Waals surface area contributed by atoms with E-state index in [0.717, 1.165) is 20.5 Å². The average Bonchev–Trinajstić information content (AvgIpc) is 2.83. The molecule has 0 saturated carbocycles. The molecule has 172 valence electrons. The van der Waals surface area contributed by atoms with Crippen molar-refractivity contribution in [1.82, 2.24) is 10.2 Å². The maximum absolute atomic E-state index is 13.5. The second-order valence-electron chi connectivity index (χ2n) is 7.66. The van der Waals surface area contributed by atoms with Gasteiger partial charge in [-0.25, -0.2) is 0 Å². The predicted octanol–water partition coefficient (Wildman–Crippen LogP) is 5.71. The summed E-state index contributed by atoms with van der Waals surface area (Å²) in [6.45, 7) is 2.80. The van der Waals surface area contributed by atoms with E-state index in [1.165, 1.54) is 0 Å². The molecule has 0 spiro atoms. The highest BCUT2D eigenvalue weighted by Gasteiger charge is 2.29. The van der Waals surface area contributed by atoms with Crippen LogP contribution in [0.5, 0.6) is 0 Å². The van der Waals surface area contributed by atoms with E-state index < -0.39 is 6.04 Å². The minimum absolute atomic E-state index is 0.0226. The van der Waals surface area contributed by atoms with Crippen LogP contribution in [0.3, 0.4) is 0 Å². The van der Waals surface area contributed by atoms with Gasteiger partial charge in [0.2, 0.25) is 11.8 Å². The number of hydrogen-bond acceptors (Lipinski definition) is 3. The lowest BCUT2D eigenvalue weighted by atomic mass is 10.0. The zero-order valence-corrected chi connectivity index (χ0v) is 21.1. The molecule has 3 rings (SSSR count). The number of hydrogen-bond donors (Lipinski definition) is 1. The molecule has 1 atom stereocenters. The monoisotopic (exact) mass is 524 g/mol. The van der Waals surface area contributed by atoms with E-state index in [2.05, 4.69) is 21.2 Å². The van der Waals surface area contributed by atoms with Crippen LogP contribution in [0.1, 0.15) is 24.5 Å². The van der Waals surface area contributed by atoms with Crippen molar-refractivity contribution < 1.29 is 9.59 Å². The zero-order chi connectivity index (χ0) is 23.5. The fraction of sp³-hybridized carbons (Fsp3) is 0.259. The molecule has 3 aromatic rings.